The van der Waals surface area contributed by atoms with Crippen molar-refractivity contribution in [3.63, 3.8) is 0 Å². The van der Waals surface area contributed by atoms with Crippen molar-refractivity contribution < 1.29 is 0 Å². The maximum Gasteiger partial charge on any atom is 0.0187 e. The van der Waals surface area contributed by atoms with Crippen LogP contribution in [0.3, 0.4) is 0 Å². The van der Waals surface area contributed by atoms with E-state index in [0.717, 1.165) is 18.0 Å². The fraction of sp³-hybridized carbons (Fsp3) is 0.667. The average Bonchev–Trinajstić information content (AvgIpc) is 2.83. The highest BCUT2D eigenvalue weighted by molar-refractivity contribution is 5.11. The van der Waals surface area contributed by atoms with E-state index in [2.05, 4.69) is 35.3 Å². The summed E-state index contributed by atoms with van der Waals surface area (Å²) >= 11 is 0. The zero-order chi connectivity index (χ0) is 9.54. The summed E-state index contributed by atoms with van der Waals surface area (Å²) < 4.78 is 2.24. The van der Waals surface area contributed by atoms with Gasteiger partial charge < -0.3 is 9.88 Å². The maximum atomic E-state index is 3.74. The third-order valence-corrected chi connectivity index (χ3v) is 3.97. The largest absolute Gasteiger partial charge is 0.354 e. The highest BCUT2D eigenvalue weighted by Gasteiger charge is 2.38. The Morgan fingerprint density at radius 1 is 1.50 bits per heavy atom. The lowest BCUT2D eigenvalue weighted by molar-refractivity contribution is 0.375. The lowest BCUT2D eigenvalue weighted by atomic mass is 9.96. The third kappa shape index (κ3) is 1.29. The molecule has 2 aliphatic rings. The summed E-state index contributed by atoms with van der Waals surface area (Å²) in [6, 6.07) is 5.98. The Balaban J connectivity index is 1.71. The van der Waals surface area contributed by atoms with Gasteiger partial charge in [-0.15, -0.1) is 0 Å². The zero-order valence-corrected chi connectivity index (χ0v) is 8.74. The van der Waals surface area contributed by atoms with Gasteiger partial charge in [0.05, 0.1) is 0 Å². The third-order valence-electron chi connectivity index (χ3n) is 3.97. The Bertz CT molecular complexity index is 329. The van der Waals surface area contributed by atoms with E-state index in [1.165, 1.54) is 31.4 Å². The normalized spacial score (nSPS) is 35.4. The molecular weight excluding hydrogens is 172 g/mol. The number of piperidine rings is 1. The van der Waals surface area contributed by atoms with Crippen LogP contribution in [0.1, 0.15) is 25.0 Å². The number of nitrogens with one attached hydrogen (secondary N) is 1. The minimum Gasteiger partial charge on any atom is -0.354 e. The molecule has 1 aliphatic carbocycles. The second-order valence-corrected chi connectivity index (χ2v) is 4.86. The van der Waals surface area contributed by atoms with Crippen LogP contribution in [-0.4, -0.2) is 16.7 Å². The Morgan fingerprint density at radius 3 is 3.00 bits per heavy atom. The van der Waals surface area contributed by atoms with Crippen molar-refractivity contribution in [3.05, 3.63) is 24.0 Å². The van der Waals surface area contributed by atoms with Crippen molar-refractivity contribution in [3.8, 4) is 0 Å². The van der Waals surface area contributed by atoms with Gasteiger partial charge in [0.1, 0.15) is 0 Å². The van der Waals surface area contributed by atoms with Gasteiger partial charge in [0.15, 0.2) is 0 Å². The predicted octanol–water partition coefficient (Wildman–Crippen LogP) is 1.71. The second-order valence-electron chi connectivity index (χ2n) is 4.86. The van der Waals surface area contributed by atoms with Gasteiger partial charge >= 0.3 is 0 Å². The van der Waals surface area contributed by atoms with E-state index in [1.807, 2.05) is 0 Å². The molecule has 1 saturated heterocycles. The van der Waals surface area contributed by atoms with Crippen LogP contribution in [0.15, 0.2) is 18.3 Å². The summed E-state index contributed by atoms with van der Waals surface area (Å²) in [7, 11) is 2.14. The van der Waals surface area contributed by atoms with Gasteiger partial charge in [0.2, 0.25) is 0 Å². The maximum absolute atomic E-state index is 3.74. The molecule has 0 spiro atoms. The van der Waals surface area contributed by atoms with Gasteiger partial charge in [-0.2, -0.15) is 0 Å². The summed E-state index contributed by atoms with van der Waals surface area (Å²) in [5, 5.41) is 3.74. The molecule has 2 bridgehead atoms. The average molecular weight is 190 g/mol. The summed E-state index contributed by atoms with van der Waals surface area (Å²) in [5.41, 5.74) is 1.47. The monoisotopic (exact) mass is 190 g/mol. The molecule has 2 heteroatoms. The summed E-state index contributed by atoms with van der Waals surface area (Å²) in [4.78, 5) is 0. The van der Waals surface area contributed by atoms with Crippen molar-refractivity contribution in [2.75, 3.05) is 0 Å². The molecule has 1 aromatic rings. The van der Waals surface area contributed by atoms with E-state index in [4.69, 9.17) is 0 Å². The molecule has 2 heterocycles. The topological polar surface area (TPSA) is 17.0 Å². The first-order valence-corrected chi connectivity index (χ1v) is 5.69. The molecule has 0 aromatic carbocycles. The van der Waals surface area contributed by atoms with Gasteiger partial charge in [-0.25, -0.2) is 0 Å². The molecule has 2 fully saturated rings. The molecule has 2 nitrogen and oxygen atoms in total. The van der Waals surface area contributed by atoms with E-state index in [9.17, 15) is 0 Å². The SMILES string of the molecule is Cn1cccc1CC1NC2CCC1C2. The van der Waals surface area contributed by atoms with E-state index in [-0.39, 0.29) is 0 Å². The van der Waals surface area contributed by atoms with Crippen LogP contribution >= 0.6 is 0 Å². The van der Waals surface area contributed by atoms with Gasteiger partial charge in [-0.05, 0) is 37.3 Å². The Kier molecular flexibility index (Phi) is 1.91. The summed E-state index contributed by atoms with van der Waals surface area (Å²) in [6.07, 6.45) is 7.64. The molecule has 3 atom stereocenters. The Morgan fingerprint density at radius 2 is 2.43 bits per heavy atom. The molecule has 1 aromatic heterocycles. The van der Waals surface area contributed by atoms with Crippen LogP contribution in [0.2, 0.25) is 0 Å². The van der Waals surface area contributed by atoms with Crippen molar-refractivity contribution in [2.45, 2.75) is 37.8 Å². The number of rotatable bonds is 2. The van der Waals surface area contributed by atoms with Crippen LogP contribution in [0.25, 0.3) is 0 Å². The standard InChI is InChI=1S/C12H18N2/c1-14-6-2-3-11(14)8-12-9-4-5-10(7-9)13-12/h2-3,6,9-10,12-13H,4-5,7-8H2,1H3. The smallest absolute Gasteiger partial charge is 0.0187 e. The Labute approximate surface area is 85.3 Å². The van der Waals surface area contributed by atoms with Gasteiger partial charge in [0.25, 0.3) is 0 Å². The molecule has 76 valence electrons. The van der Waals surface area contributed by atoms with E-state index < -0.39 is 0 Å². The van der Waals surface area contributed by atoms with Crippen molar-refractivity contribution >= 4 is 0 Å². The number of hydrogen-bond acceptors (Lipinski definition) is 1. The van der Waals surface area contributed by atoms with Crippen LogP contribution < -0.4 is 5.32 Å². The van der Waals surface area contributed by atoms with E-state index >= 15 is 0 Å². The first-order valence-electron chi connectivity index (χ1n) is 5.69. The lowest BCUT2D eigenvalue weighted by Gasteiger charge is -2.23. The highest BCUT2D eigenvalue weighted by atomic mass is 15.0. The molecule has 0 radical (unpaired) electrons. The molecule has 0 amide bonds. The van der Waals surface area contributed by atoms with Crippen molar-refractivity contribution in [2.24, 2.45) is 13.0 Å². The number of aryl methyl sites for hydroxylation is 1. The van der Waals surface area contributed by atoms with Crippen LogP contribution in [0.5, 0.6) is 0 Å². The molecule has 3 rings (SSSR count). The van der Waals surface area contributed by atoms with Crippen molar-refractivity contribution in [1.82, 2.24) is 9.88 Å². The van der Waals surface area contributed by atoms with E-state index in [1.54, 1.807) is 0 Å². The second kappa shape index (κ2) is 3.13. The fourth-order valence-corrected chi connectivity index (χ4v) is 3.13. The minimum absolute atomic E-state index is 0.752. The molecule has 3 unspecified atom stereocenters. The van der Waals surface area contributed by atoms with Crippen molar-refractivity contribution in [1.29, 1.82) is 0 Å². The molecule has 1 aliphatic heterocycles. The molecule has 1 saturated carbocycles. The quantitative estimate of drug-likeness (QED) is 0.751. The highest BCUT2D eigenvalue weighted by Crippen LogP contribution is 2.36. The summed E-state index contributed by atoms with van der Waals surface area (Å²) in [5.74, 6) is 0.954. The van der Waals surface area contributed by atoms with E-state index in [0.29, 0.717) is 0 Å². The molecule has 14 heavy (non-hydrogen) atoms. The van der Waals surface area contributed by atoms with Gasteiger partial charge in [-0.3, -0.25) is 0 Å². The first-order chi connectivity index (χ1) is 6.83. The Hall–Kier alpha value is -0.760. The summed E-state index contributed by atoms with van der Waals surface area (Å²) in [6.45, 7) is 0. The zero-order valence-electron chi connectivity index (χ0n) is 8.74. The lowest BCUT2D eigenvalue weighted by Crippen LogP contribution is -2.37. The number of aromatic nitrogens is 1. The van der Waals surface area contributed by atoms with Gasteiger partial charge in [0, 0.05) is 37.4 Å². The predicted molar refractivity (Wildman–Crippen MR) is 57.2 cm³/mol. The van der Waals surface area contributed by atoms with Crippen LogP contribution in [-0.2, 0) is 13.5 Å². The fourth-order valence-electron chi connectivity index (χ4n) is 3.13. The first kappa shape index (κ1) is 8.54. The van der Waals surface area contributed by atoms with Crippen LogP contribution in [0, 0.1) is 5.92 Å². The molecule has 1 N–H and O–H groups in total. The van der Waals surface area contributed by atoms with Gasteiger partial charge in [-0.1, -0.05) is 0 Å². The number of nitrogens with zero attached hydrogens (tertiary/aromatic N) is 1. The van der Waals surface area contributed by atoms with Crippen LogP contribution in [0.4, 0.5) is 0 Å². The number of hydrogen-bond donors (Lipinski definition) is 1. The molecular formula is C12H18N2. The minimum atomic E-state index is 0.752. The number of fused-ring (bicyclic) bond motifs is 2.